The Kier molecular flexibility index (Phi) is 3.63. The molecule has 0 saturated heterocycles. The molecular formula is C14H14ClN3. The van der Waals surface area contributed by atoms with E-state index in [9.17, 15) is 0 Å². The zero-order valence-corrected chi connectivity index (χ0v) is 11.1. The lowest BCUT2D eigenvalue weighted by atomic mass is 10.1. The van der Waals surface area contributed by atoms with E-state index in [0.29, 0.717) is 5.03 Å². The minimum Gasteiger partial charge on any atom is -0.340 e. The van der Waals surface area contributed by atoms with Gasteiger partial charge in [0.25, 0.3) is 0 Å². The van der Waals surface area contributed by atoms with Crippen LogP contribution < -0.4 is 0 Å². The lowest BCUT2D eigenvalue weighted by molar-refractivity contribution is 0.913. The van der Waals surface area contributed by atoms with E-state index in [-0.39, 0.29) is 0 Å². The molecule has 0 fully saturated rings. The fourth-order valence-electron chi connectivity index (χ4n) is 1.74. The molecular weight excluding hydrogens is 246 g/mol. The first-order valence-corrected chi connectivity index (χ1v) is 5.94. The van der Waals surface area contributed by atoms with Crippen molar-refractivity contribution < 1.29 is 0 Å². The van der Waals surface area contributed by atoms with Crippen LogP contribution in [0.1, 0.15) is 12.5 Å². The first-order valence-electron chi connectivity index (χ1n) is 5.57. The molecule has 0 amide bonds. The molecule has 0 aliphatic carbocycles. The number of rotatable bonds is 3. The molecule has 1 heterocycles. The van der Waals surface area contributed by atoms with Gasteiger partial charge in [-0.2, -0.15) is 0 Å². The van der Waals surface area contributed by atoms with Crippen LogP contribution in [-0.2, 0) is 7.05 Å². The normalized spacial score (nSPS) is 11.6. The Hall–Kier alpha value is -1.87. The predicted octanol–water partition coefficient (Wildman–Crippen LogP) is 4.02. The number of aryl methyl sites for hydroxylation is 1. The Morgan fingerprint density at radius 2 is 2.28 bits per heavy atom. The quantitative estimate of drug-likeness (QED) is 0.766. The third-order valence-corrected chi connectivity index (χ3v) is 3.10. The zero-order chi connectivity index (χ0) is 13.1. The molecule has 0 radical (unpaired) electrons. The van der Waals surface area contributed by atoms with Crippen LogP contribution in [0.15, 0.2) is 41.8 Å². The highest BCUT2D eigenvalue weighted by atomic mass is 35.5. The topological polar surface area (TPSA) is 30.2 Å². The zero-order valence-electron chi connectivity index (χ0n) is 10.4. The van der Waals surface area contributed by atoms with E-state index >= 15 is 0 Å². The van der Waals surface area contributed by atoms with Gasteiger partial charge in [-0.05, 0) is 19.7 Å². The number of hydrogen-bond acceptors (Lipinski definition) is 2. The molecule has 2 aromatic rings. The maximum atomic E-state index is 6.13. The Labute approximate surface area is 111 Å². The smallest absolute Gasteiger partial charge is 0.0951 e. The van der Waals surface area contributed by atoms with Crippen LogP contribution in [0, 0.1) is 0 Å². The third-order valence-electron chi connectivity index (χ3n) is 2.68. The number of aromatic nitrogens is 2. The van der Waals surface area contributed by atoms with Crippen LogP contribution in [0.3, 0.4) is 0 Å². The van der Waals surface area contributed by atoms with Crippen molar-refractivity contribution in [2.75, 3.05) is 0 Å². The maximum Gasteiger partial charge on any atom is 0.0951 e. The van der Waals surface area contributed by atoms with Gasteiger partial charge in [0.1, 0.15) is 0 Å². The number of imidazole rings is 1. The molecule has 3 nitrogen and oxygen atoms in total. The standard InChI is InChI=1S/C14H14ClN3/c1-4-12(15)11-6-5-10(7-13(11)16-2)14-8-18(3)9-17-14/h4-9H,2H2,1,3H3/b12-4+. The van der Waals surface area contributed by atoms with Gasteiger partial charge in [0, 0.05) is 29.4 Å². The van der Waals surface area contributed by atoms with Gasteiger partial charge in [0.2, 0.25) is 0 Å². The van der Waals surface area contributed by atoms with E-state index in [2.05, 4.69) is 16.7 Å². The summed E-state index contributed by atoms with van der Waals surface area (Å²) in [5, 5.41) is 0.671. The first kappa shape index (κ1) is 12.6. The molecule has 18 heavy (non-hydrogen) atoms. The molecule has 92 valence electrons. The van der Waals surface area contributed by atoms with Gasteiger partial charge in [-0.1, -0.05) is 29.8 Å². The molecule has 2 rings (SSSR count). The van der Waals surface area contributed by atoms with Gasteiger partial charge >= 0.3 is 0 Å². The number of benzene rings is 1. The van der Waals surface area contributed by atoms with Crippen LogP contribution in [0.4, 0.5) is 5.69 Å². The number of halogens is 1. The summed E-state index contributed by atoms with van der Waals surface area (Å²) in [6, 6.07) is 5.87. The van der Waals surface area contributed by atoms with Crippen LogP contribution in [0.5, 0.6) is 0 Å². The summed E-state index contributed by atoms with van der Waals surface area (Å²) < 4.78 is 1.91. The van der Waals surface area contributed by atoms with Gasteiger partial charge in [-0.3, -0.25) is 4.99 Å². The Morgan fingerprint density at radius 3 is 2.83 bits per heavy atom. The van der Waals surface area contributed by atoms with Crippen molar-refractivity contribution in [3.8, 4) is 11.3 Å². The van der Waals surface area contributed by atoms with Crippen molar-refractivity contribution in [1.29, 1.82) is 0 Å². The van der Waals surface area contributed by atoms with Crippen LogP contribution in [-0.4, -0.2) is 16.3 Å². The van der Waals surface area contributed by atoms with Crippen LogP contribution in [0.25, 0.3) is 16.3 Å². The molecule has 0 aliphatic heterocycles. The predicted molar refractivity (Wildman–Crippen MR) is 77.4 cm³/mol. The highest BCUT2D eigenvalue weighted by Gasteiger charge is 2.08. The van der Waals surface area contributed by atoms with E-state index in [1.165, 1.54) is 0 Å². The van der Waals surface area contributed by atoms with Crippen molar-refractivity contribution in [3.05, 3.63) is 42.4 Å². The van der Waals surface area contributed by atoms with Crippen molar-refractivity contribution in [1.82, 2.24) is 9.55 Å². The summed E-state index contributed by atoms with van der Waals surface area (Å²) in [6.45, 7) is 5.48. The lowest BCUT2D eigenvalue weighted by Gasteiger charge is -2.06. The minimum atomic E-state index is 0.671. The SMILES string of the molecule is C=Nc1cc(-c2cn(C)cn2)ccc1/C(Cl)=C\C. The van der Waals surface area contributed by atoms with E-state index in [1.807, 2.05) is 49.0 Å². The Bertz CT molecular complexity index is 611. The fraction of sp³-hybridized carbons (Fsp3) is 0.143. The van der Waals surface area contributed by atoms with E-state index in [1.54, 1.807) is 6.33 Å². The van der Waals surface area contributed by atoms with Gasteiger partial charge in [0.15, 0.2) is 0 Å². The molecule has 0 unspecified atom stereocenters. The van der Waals surface area contributed by atoms with Crippen LogP contribution in [0.2, 0.25) is 0 Å². The highest BCUT2D eigenvalue weighted by Crippen LogP contribution is 2.32. The third kappa shape index (κ3) is 2.36. The average molecular weight is 260 g/mol. The second kappa shape index (κ2) is 5.19. The lowest BCUT2D eigenvalue weighted by Crippen LogP contribution is -1.83. The monoisotopic (exact) mass is 259 g/mol. The van der Waals surface area contributed by atoms with Crippen molar-refractivity contribution in [2.24, 2.45) is 12.0 Å². The van der Waals surface area contributed by atoms with Gasteiger partial charge in [0.05, 0.1) is 17.7 Å². The van der Waals surface area contributed by atoms with E-state index in [4.69, 9.17) is 11.6 Å². The summed E-state index contributed by atoms with van der Waals surface area (Å²) in [5.41, 5.74) is 3.56. The summed E-state index contributed by atoms with van der Waals surface area (Å²) in [5.74, 6) is 0. The molecule has 0 spiro atoms. The molecule has 1 aromatic carbocycles. The fourth-order valence-corrected chi connectivity index (χ4v) is 1.90. The second-order valence-electron chi connectivity index (χ2n) is 3.95. The largest absolute Gasteiger partial charge is 0.340 e. The average Bonchev–Trinajstić information content (AvgIpc) is 2.83. The first-order chi connectivity index (χ1) is 8.65. The summed E-state index contributed by atoms with van der Waals surface area (Å²) in [4.78, 5) is 8.33. The van der Waals surface area contributed by atoms with E-state index in [0.717, 1.165) is 22.5 Å². The molecule has 0 bridgehead atoms. The number of nitrogens with zero attached hydrogens (tertiary/aromatic N) is 3. The molecule has 4 heteroatoms. The van der Waals surface area contributed by atoms with Gasteiger partial charge in [-0.25, -0.2) is 4.98 Å². The minimum absolute atomic E-state index is 0.671. The summed E-state index contributed by atoms with van der Waals surface area (Å²) >= 11 is 6.13. The molecule has 1 aromatic heterocycles. The highest BCUT2D eigenvalue weighted by molar-refractivity contribution is 6.49. The van der Waals surface area contributed by atoms with Crippen LogP contribution >= 0.6 is 11.6 Å². The van der Waals surface area contributed by atoms with Crippen molar-refractivity contribution >= 4 is 29.0 Å². The number of allylic oxidation sites excluding steroid dienone is 1. The molecule has 0 aliphatic rings. The number of hydrogen-bond donors (Lipinski definition) is 0. The van der Waals surface area contributed by atoms with Gasteiger partial charge < -0.3 is 4.57 Å². The maximum absolute atomic E-state index is 6.13. The molecule has 0 N–H and O–H groups in total. The molecule has 0 saturated carbocycles. The van der Waals surface area contributed by atoms with E-state index < -0.39 is 0 Å². The van der Waals surface area contributed by atoms with Gasteiger partial charge in [-0.15, -0.1) is 0 Å². The Morgan fingerprint density at radius 1 is 1.50 bits per heavy atom. The second-order valence-corrected chi connectivity index (χ2v) is 4.36. The summed E-state index contributed by atoms with van der Waals surface area (Å²) in [6.07, 6.45) is 5.56. The molecule has 0 atom stereocenters. The summed E-state index contributed by atoms with van der Waals surface area (Å²) in [7, 11) is 1.94. The van der Waals surface area contributed by atoms with Crippen molar-refractivity contribution in [2.45, 2.75) is 6.92 Å². The Balaban J connectivity index is 2.51. The van der Waals surface area contributed by atoms with Crippen molar-refractivity contribution in [3.63, 3.8) is 0 Å². The number of aliphatic imine (C=N–C) groups is 1.